The summed E-state index contributed by atoms with van der Waals surface area (Å²) in [5, 5.41) is 2.78. The highest BCUT2D eigenvalue weighted by atomic mass is 35.5. The van der Waals surface area contributed by atoms with Crippen molar-refractivity contribution in [1.82, 2.24) is 19.8 Å². The van der Waals surface area contributed by atoms with Gasteiger partial charge in [-0.1, -0.05) is 48.5 Å². The largest absolute Gasteiger partial charge is 0.461 e. The third-order valence-corrected chi connectivity index (χ3v) is 10.2. The number of amides is 1. The molecular weight excluding hydrogens is 576 g/mol. The molecule has 0 spiro atoms. The van der Waals surface area contributed by atoms with E-state index in [1.165, 1.54) is 18.9 Å². The van der Waals surface area contributed by atoms with E-state index in [4.69, 9.17) is 37.6 Å². The van der Waals surface area contributed by atoms with Crippen molar-refractivity contribution in [2.75, 3.05) is 50.8 Å². The Labute approximate surface area is 263 Å². The van der Waals surface area contributed by atoms with Gasteiger partial charge in [0.05, 0.1) is 23.9 Å². The number of hydrogen-bond acceptors (Lipinski definition) is 7. The van der Waals surface area contributed by atoms with Gasteiger partial charge in [-0.3, -0.25) is 9.69 Å². The number of rotatable bonds is 7. The smallest absolute Gasteiger partial charge is 0.318 e. The lowest BCUT2D eigenvalue weighted by Crippen LogP contribution is -2.56. The van der Waals surface area contributed by atoms with Crippen LogP contribution in [-0.2, 0) is 22.6 Å². The topological polar surface area (TPSA) is 75.4 Å². The molecule has 10 heteroatoms. The van der Waals surface area contributed by atoms with E-state index in [-0.39, 0.29) is 30.1 Å². The lowest BCUT2D eigenvalue weighted by Gasteiger charge is -2.40. The van der Waals surface area contributed by atoms with Gasteiger partial charge < -0.3 is 24.1 Å². The summed E-state index contributed by atoms with van der Waals surface area (Å²) in [6.45, 7) is 16.1. The van der Waals surface area contributed by atoms with Crippen LogP contribution in [0.25, 0.3) is 15.6 Å². The molecule has 0 saturated carbocycles. The minimum absolute atomic E-state index is 0.0716. The van der Waals surface area contributed by atoms with Gasteiger partial charge in [-0.15, -0.1) is 0 Å². The van der Waals surface area contributed by atoms with E-state index in [2.05, 4.69) is 39.4 Å². The van der Waals surface area contributed by atoms with Crippen LogP contribution >= 0.6 is 11.6 Å². The molecular formula is C34H37ClN6O3. The van der Waals surface area contributed by atoms with Crippen LogP contribution in [0.2, 0.25) is 5.02 Å². The molecule has 228 valence electrons. The molecule has 0 radical (unpaired) electrons. The highest BCUT2D eigenvalue weighted by Gasteiger charge is 2.45. The van der Waals surface area contributed by atoms with Crippen molar-refractivity contribution in [3.8, 4) is 6.01 Å². The molecule has 4 aliphatic heterocycles. The van der Waals surface area contributed by atoms with Gasteiger partial charge in [0.1, 0.15) is 18.5 Å². The first kappa shape index (κ1) is 29.0. The van der Waals surface area contributed by atoms with Crippen LogP contribution in [0.5, 0.6) is 6.01 Å². The molecule has 3 fully saturated rings. The molecule has 7 rings (SSSR count). The second-order valence-electron chi connectivity index (χ2n) is 12.3. The predicted octanol–water partition coefficient (Wildman–Crippen LogP) is 5.23. The predicted molar refractivity (Wildman–Crippen MR) is 170 cm³/mol. The van der Waals surface area contributed by atoms with Crippen LogP contribution in [0.3, 0.4) is 0 Å². The van der Waals surface area contributed by atoms with Crippen LogP contribution in [0.1, 0.15) is 48.6 Å². The van der Waals surface area contributed by atoms with Gasteiger partial charge in [-0.25, -0.2) is 6.57 Å². The van der Waals surface area contributed by atoms with Crippen LogP contribution in [0.15, 0.2) is 49.1 Å². The first-order valence-electron chi connectivity index (χ1n) is 15.6. The zero-order valence-corrected chi connectivity index (χ0v) is 25.6. The van der Waals surface area contributed by atoms with E-state index < -0.39 is 0 Å². The van der Waals surface area contributed by atoms with Crippen molar-refractivity contribution in [2.24, 2.45) is 0 Å². The lowest BCUT2D eigenvalue weighted by atomic mass is 9.94. The number of aromatic nitrogens is 2. The van der Waals surface area contributed by atoms with Gasteiger partial charge >= 0.3 is 6.01 Å². The van der Waals surface area contributed by atoms with E-state index in [0.717, 1.165) is 59.3 Å². The van der Waals surface area contributed by atoms with E-state index in [9.17, 15) is 4.79 Å². The number of hydrogen-bond donors (Lipinski definition) is 0. The van der Waals surface area contributed by atoms with E-state index in [1.807, 2.05) is 18.2 Å². The first-order chi connectivity index (χ1) is 21.5. The summed E-state index contributed by atoms with van der Waals surface area (Å²) in [5.74, 6) is 0.621. The second kappa shape index (κ2) is 12.0. The Kier molecular flexibility index (Phi) is 7.91. The molecule has 0 bridgehead atoms. The number of benzene rings is 2. The Morgan fingerprint density at radius 2 is 1.95 bits per heavy atom. The molecule has 3 aromatic rings. The Morgan fingerprint density at radius 3 is 2.73 bits per heavy atom. The minimum atomic E-state index is -0.263. The van der Waals surface area contributed by atoms with E-state index in [0.29, 0.717) is 50.3 Å². The highest BCUT2D eigenvalue weighted by molar-refractivity contribution is 6.35. The number of fused-ring (bicyclic) bond motifs is 3. The monoisotopic (exact) mass is 612 g/mol. The summed E-state index contributed by atoms with van der Waals surface area (Å²) in [4.78, 5) is 32.7. The number of carbonyl (C=O) groups excluding carboxylic acids is 1. The maximum Gasteiger partial charge on any atom is 0.318 e. The molecule has 44 heavy (non-hydrogen) atoms. The van der Waals surface area contributed by atoms with Gasteiger partial charge in [-0.05, 0) is 61.9 Å². The van der Waals surface area contributed by atoms with Gasteiger partial charge in [0.15, 0.2) is 0 Å². The van der Waals surface area contributed by atoms with Crippen molar-refractivity contribution in [3.63, 3.8) is 0 Å². The summed E-state index contributed by atoms with van der Waals surface area (Å²) >= 11 is 6.70. The molecule has 1 unspecified atom stereocenters. The molecule has 2 aromatic carbocycles. The average molecular weight is 613 g/mol. The molecule has 2 atom stereocenters. The van der Waals surface area contributed by atoms with Crippen molar-refractivity contribution >= 4 is 34.1 Å². The molecule has 9 nitrogen and oxygen atoms in total. The van der Waals surface area contributed by atoms with Crippen molar-refractivity contribution < 1.29 is 14.3 Å². The molecule has 1 amide bonds. The fraction of sp³-hybridized carbons (Fsp3) is 0.471. The minimum Gasteiger partial charge on any atom is -0.461 e. The average Bonchev–Trinajstić information content (AvgIpc) is 3.63. The summed E-state index contributed by atoms with van der Waals surface area (Å²) < 4.78 is 13.0. The van der Waals surface area contributed by atoms with Gasteiger partial charge in [0, 0.05) is 42.0 Å². The zero-order valence-electron chi connectivity index (χ0n) is 24.9. The second-order valence-corrected chi connectivity index (χ2v) is 12.7. The van der Waals surface area contributed by atoms with Crippen molar-refractivity contribution in [2.45, 2.75) is 56.4 Å². The zero-order chi connectivity index (χ0) is 30.3. The summed E-state index contributed by atoms with van der Waals surface area (Å²) in [6, 6.07) is 12.3. The lowest BCUT2D eigenvalue weighted by molar-refractivity contribution is -0.128. The van der Waals surface area contributed by atoms with Gasteiger partial charge in [0.25, 0.3) is 0 Å². The van der Waals surface area contributed by atoms with Crippen molar-refractivity contribution in [1.29, 1.82) is 0 Å². The van der Waals surface area contributed by atoms with Crippen LogP contribution in [-0.4, -0.2) is 83.1 Å². The molecule has 4 aliphatic rings. The van der Waals surface area contributed by atoms with Crippen LogP contribution < -0.4 is 9.64 Å². The molecule has 3 saturated heterocycles. The quantitative estimate of drug-likeness (QED) is 0.267. The van der Waals surface area contributed by atoms with E-state index >= 15 is 0 Å². The Morgan fingerprint density at radius 1 is 1.16 bits per heavy atom. The third-order valence-electron chi connectivity index (χ3n) is 9.91. The molecule has 0 aliphatic carbocycles. The number of piperazine rings is 1. The molecule has 1 aromatic heterocycles. The summed E-state index contributed by atoms with van der Waals surface area (Å²) in [6.07, 6.45) is 6.33. The molecule has 0 N–H and O–H groups in total. The fourth-order valence-corrected chi connectivity index (χ4v) is 8.01. The standard InChI is InChI=1S/C34H37ClN6O3/c1-3-30(42)41-17-16-39(20-24(41)19-36-2)32-26-21-43-29(25-10-4-8-23-9-5-11-27(35)31(23)25)18-28(26)37-33(38-32)44-22-34-12-6-14-40(34)15-7-13-34/h3-5,8-11,24,29H,1,6-7,12-22H2/t24-,29?/m0/s1. The number of ether oxygens (including phenoxy) is 2. The van der Waals surface area contributed by atoms with Gasteiger partial charge in [-0.2, -0.15) is 9.97 Å². The number of nitrogens with zero attached hydrogens (tertiary/aromatic N) is 6. The summed E-state index contributed by atoms with van der Waals surface area (Å²) in [5.41, 5.74) is 2.96. The Balaban J connectivity index is 1.23. The Bertz CT molecular complexity index is 1620. The number of carbonyl (C=O) groups is 1. The SMILES string of the molecule is [C-]#[N+]C[C@H]1CN(c2nc(OCC34CCCN3CCC4)nc3c2COC(c2cccc4cccc(Cl)c24)C3)CCN1C(=O)C=C. The maximum atomic E-state index is 12.6. The fourth-order valence-electron chi connectivity index (χ4n) is 7.72. The normalized spacial score (nSPS) is 22.8. The first-order valence-corrected chi connectivity index (χ1v) is 15.9. The van der Waals surface area contributed by atoms with Gasteiger partial charge in [0.2, 0.25) is 12.5 Å². The highest BCUT2D eigenvalue weighted by Crippen LogP contribution is 2.41. The number of halogens is 1. The van der Waals surface area contributed by atoms with E-state index in [1.54, 1.807) is 4.90 Å². The number of anilines is 1. The van der Waals surface area contributed by atoms with Crippen LogP contribution in [0.4, 0.5) is 5.82 Å². The van der Waals surface area contributed by atoms with Crippen LogP contribution in [0, 0.1) is 6.57 Å². The Hall–Kier alpha value is -3.71. The maximum absolute atomic E-state index is 12.6. The summed E-state index contributed by atoms with van der Waals surface area (Å²) in [7, 11) is 0. The third kappa shape index (κ3) is 5.19. The molecule has 5 heterocycles. The van der Waals surface area contributed by atoms with Crippen molar-refractivity contribution in [3.05, 3.63) is 82.3 Å².